The van der Waals surface area contributed by atoms with Gasteiger partial charge in [-0.3, -0.25) is 72.9 Å². The Morgan fingerprint density at radius 3 is 0.750 bits per heavy atom. The van der Waals surface area contributed by atoms with E-state index in [0.717, 1.165) is 0 Å². The monoisotopic (exact) mass is 986 g/mol. The average Bonchev–Trinajstić information content (AvgIpc) is 3.23. The smallest absolute Gasteiger partial charge is 0.317 e. The zero-order valence-electron chi connectivity index (χ0n) is 38.6. The molecule has 2 heterocycles. The number of carboxylic acids is 6. The maximum absolute atomic E-state index is 11.8. The summed E-state index contributed by atoms with van der Waals surface area (Å²) in [6.07, 6.45) is -10.2. The molecule has 0 saturated carbocycles. The number of nitrogens with zero attached hydrogens (tertiary/aromatic N) is 9. The molecule has 6 atom stereocenters. The van der Waals surface area contributed by atoms with Crippen molar-refractivity contribution in [2.45, 2.75) is 36.6 Å². The van der Waals surface area contributed by atoms with Gasteiger partial charge in [-0.25, -0.2) is 0 Å². The largest absolute Gasteiger partial charge is 0.480 e. The van der Waals surface area contributed by atoms with E-state index in [-0.39, 0.29) is 170 Å². The van der Waals surface area contributed by atoms with Crippen molar-refractivity contribution < 1.29 is 95.2 Å². The molecule has 2 aliphatic heterocycles. The fourth-order valence-electron chi connectivity index (χ4n) is 8.09. The highest BCUT2D eigenvalue weighted by Gasteiger charge is 2.33. The van der Waals surface area contributed by atoms with Crippen molar-refractivity contribution in [2.24, 2.45) is 0 Å². The van der Waals surface area contributed by atoms with Crippen molar-refractivity contribution in [3.63, 3.8) is 0 Å². The summed E-state index contributed by atoms with van der Waals surface area (Å²) in [5, 5.41) is 132. The van der Waals surface area contributed by atoms with Crippen LogP contribution in [0.2, 0.25) is 0 Å². The Balaban J connectivity index is 2.38. The molecule has 2 saturated heterocycles. The van der Waals surface area contributed by atoms with Crippen LogP contribution in [0.5, 0.6) is 0 Å². The predicted molar refractivity (Wildman–Crippen MR) is 237 cm³/mol. The van der Waals surface area contributed by atoms with Crippen LogP contribution in [0.15, 0.2) is 0 Å². The lowest BCUT2D eigenvalue weighted by Crippen LogP contribution is -2.54. The molecule has 394 valence electrons. The van der Waals surface area contributed by atoms with Crippen molar-refractivity contribution in [3.8, 4) is 0 Å². The van der Waals surface area contributed by atoms with Crippen LogP contribution in [0, 0.1) is 0 Å². The highest BCUT2D eigenvalue weighted by Crippen LogP contribution is 2.11. The second kappa shape index (κ2) is 32.1. The summed E-state index contributed by atoms with van der Waals surface area (Å²) in [5.74, 6) is -6.71. The molecule has 0 amide bonds. The molecule has 28 heteroatoms. The molecular weight excluding hydrogens is 910 g/mol. The van der Waals surface area contributed by atoms with E-state index < -0.39 is 85.6 Å². The van der Waals surface area contributed by atoms with Crippen LogP contribution in [0.25, 0.3) is 0 Å². The Labute approximate surface area is 394 Å². The molecule has 0 radical (unpaired) electrons. The number of aliphatic carboxylic acids is 6. The molecule has 2 aliphatic rings. The Morgan fingerprint density at radius 2 is 0.544 bits per heavy atom. The van der Waals surface area contributed by atoms with E-state index in [2.05, 4.69) is 0 Å². The second-order valence-electron chi connectivity index (χ2n) is 17.4. The van der Waals surface area contributed by atoms with Crippen LogP contribution in [0.1, 0.15) is 0 Å². The van der Waals surface area contributed by atoms with Gasteiger partial charge in [0.2, 0.25) is 0 Å². The summed E-state index contributed by atoms with van der Waals surface area (Å²) >= 11 is 0. The van der Waals surface area contributed by atoms with Gasteiger partial charge in [-0.2, -0.15) is 0 Å². The molecule has 0 aromatic rings. The minimum atomic E-state index is -2.00. The van der Waals surface area contributed by atoms with Gasteiger partial charge in [0.25, 0.3) is 0 Å². The zero-order chi connectivity index (χ0) is 50.9. The van der Waals surface area contributed by atoms with Crippen molar-refractivity contribution in [2.75, 3.05) is 183 Å². The standard InChI is InChI=1S/C40H75N9O19/c50-28-32(54)40(68)39(67)31(53)21-49(19-29(51)17-41-1-5-43(22-33(55)56)9-13-47(26-37(63)64)14-10-44(6-2-41)23-34(57)58)20-30(52)18-42-3-7-45(24-35(59)60)11-15-48(27-38(65)66)16-12-46(8-4-42)25-36(61)62/h29-32,39-40,50-54,67-68H,1-28H2,(H,55,56)(H,57,58)(H,59,60)(H,61,62)(H,63,64)(H,65,66). The number of hydrogen-bond acceptors (Lipinski definition) is 22. The fraction of sp³-hybridized carbons (Fsp3) is 0.850. The third kappa shape index (κ3) is 26.2. The summed E-state index contributed by atoms with van der Waals surface area (Å²) in [7, 11) is 0. The van der Waals surface area contributed by atoms with Gasteiger partial charge in [0.05, 0.1) is 64.2 Å². The van der Waals surface area contributed by atoms with Gasteiger partial charge in [-0.1, -0.05) is 0 Å². The second-order valence-corrected chi connectivity index (χ2v) is 17.4. The average molecular weight is 986 g/mol. The number of aliphatic hydroxyl groups excluding tert-OH is 7. The molecule has 0 spiro atoms. The van der Waals surface area contributed by atoms with E-state index >= 15 is 0 Å². The van der Waals surface area contributed by atoms with Gasteiger partial charge in [-0.05, 0) is 0 Å². The molecule has 13 N–H and O–H groups in total. The first-order valence-corrected chi connectivity index (χ1v) is 22.5. The van der Waals surface area contributed by atoms with Crippen LogP contribution in [-0.2, 0) is 28.8 Å². The minimum Gasteiger partial charge on any atom is -0.480 e. The van der Waals surface area contributed by atoms with Crippen molar-refractivity contribution in [3.05, 3.63) is 0 Å². The van der Waals surface area contributed by atoms with Crippen LogP contribution >= 0.6 is 0 Å². The van der Waals surface area contributed by atoms with Gasteiger partial charge in [0.15, 0.2) is 0 Å². The third-order valence-electron chi connectivity index (χ3n) is 11.7. The highest BCUT2D eigenvalue weighted by molar-refractivity contribution is 5.70. The minimum absolute atomic E-state index is 0.0983. The Morgan fingerprint density at radius 1 is 0.338 bits per heavy atom. The molecule has 0 aliphatic carbocycles. The maximum atomic E-state index is 11.8. The van der Waals surface area contributed by atoms with Crippen LogP contribution in [0.4, 0.5) is 0 Å². The SMILES string of the molecule is O=C(O)CN1CCN(CC(=O)O)CCN(CC(O)CN(CC(O)CN2CCN(CC(=O)O)CCN(CC(=O)O)CCN(CC(=O)O)CC2)CC(O)C(O)C(O)C(O)CO)CCN(CC(=O)O)CC1. The summed E-state index contributed by atoms with van der Waals surface area (Å²) < 4.78 is 0. The molecular formula is C40H75N9O19. The summed E-state index contributed by atoms with van der Waals surface area (Å²) in [4.78, 5) is 84.7. The van der Waals surface area contributed by atoms with E-state index in [1.165, 1.54) is 4.90 Å². The highest BCUT2D eigenvalue weighted by atomic mass is 16.4. The summed E-state index contributed by atoms with van der Waals surface area (Å²) in [5.41, 5.74) is 0. The van der Waals surface area contributed by atoms with Gasteiger partial charge >= 0.3 is 35.8 Å². The molecule has 2 fully saturated rings. The normalized spacial score (nSPS) is 21.5. The lowest BCUT2D eigenvalue weighted by atomic mass is 10.0. The number of aliphatic hydroxyl groups is 7. The Hall–Kier alpha value is -3.82. The lowest BCUT2D eigenvalue weighted by Gasteiger charge is -2.36. The molecule has 28 nitrogen and oxygen atoms in total. The van der Waals surface area contributed by atoms with Crippen LogP contribution in [-0.4, -0.2) is 366 Å². The number of β-amino-alcohol motifs (C(OH)–C–C–N with tert-alkyl or cyclic N) is 2. The van der Waals surface area contributed by atoms with Crippen molar-refractivity contribution in [1.82, 2.24) is 44.1 Å². The Kier molecular flexibility index (Phi) is 28.5. The van der Waals surface area contributed by atoms with E-state index in [9.17, 15) is 95.2 Å². The first kappa shape index (κ1) is 60.3. The van der Waals surface area contributed by atoms with Gasteiger partial charge in [0, 0.05) is 137 Å². The number of hydrogen-bond donors (Lipinski definition) is 13. The van der Waals surface area contributed by atoms with Gasteiger partial charge in [0.1, 0.15) is 18.3 Å². The van der Waals surface area contributed by atoms with E-state index in [1.54, 1.807) is 39.2 Å². The molecule has 0 aromatic heterocycles. The van der Waals surface area contributed by atoms with E-state index in [1.807, 2.05) is 0 Å². The number of rotatable bonds is 26. The molecule has 68 heavy (non-hydrogen) atoms. The van der Waals surface area contributed by atoms with Crippen LogP contribution in [0.3, 0.4) is 0 Å². The van der Waals surface area contributed by atoms with Crippen molar-refractivity contribution >= 4 is 35.8 Å². The van der Waals surface area contributed by atoms with Gasteiger partial charge in [-0.15, -0.1) is 0 Å². The summed E-state index contributed by atoms with van der Waals surface area (Å²) in [6, 6.07) is 0. The predicted octanol–water partition coefficient (Wildman–Crippen LogP) is -8.60. The van der Waals surface area contributed by atoms with Crippen molar-refractivity contribution in [1.29, 1.82) is 0 Å². The zero-order valence-corrected chi connectivity index (χ0v) is 38.6. The maximum Gasteiger partial charge on any atom is 0.317 e. The molecule has 2 rings (SSSR count). The quantitative estimate of drug-likeness (QED) is 0.0383. The topological polar surface area (TPSA) is 395 Å². The lowest BCUT2D eigenvalue weighted by molar-refractivity contribution is -0.140. The fourth-order valence-corrected chi connectivity index (χ4v) is 8.09. The number of carbonyl (C=O) groups is 6. The molecule has 0 bridgehead atoms. The third-order valence-corrected chi connectivity index (χ3v) is 11.7. The first-order valence-electron chi connectivity index (χ1n) is 22.5. The van der Waals surface area contributed by atoms with E-state index in [4.69, 9.17) is 0 Å². The molecule has 0 aromatic carbocycles. The van der Waals surface area contributed by atoms with Gasteiger partial charge < -0.3 is 66.4 Å². The molecule has 6 unspecified atom stereocenters. The Bertz CT molecular complexity index is 1390. The number of carboxylic acid groups (broad SMARTS) is 6. The summed E-state index contributed by atoms with van der Waals surface area (Å²) in [6.45, 7) is -1.76. The first-order chi connectivity index (χ1) is 32.0. The van der Waals surface area contributed by atoms with Crippen LogP contribution < -0.4 is 0 Å². The van der Waals surface area contributed by atoms with E-state index in [0.29, 0.717) is 0 Å².